The lowest BCUT2D eigenvalue weighted by Crippen LogP contribution is -2.28. The molecule has 0 aliphatic heterocycles. The Morgan fingerprint density at radius 1 is 1.31 bits per heavy atom. The van der Waals surface area contributed by atoms with Crippen LogP contribution in [0.15, 0.2) is 24.3 Å². The Balaban J connectivity index is 1.94. The molecule has 0 atom stereocenters. The molecular formula is C14H18O2. The molecule has 1 aliphatic carbocycles. The van der Waals surface area contributed by atoms with E-state index >= 15 is 0 Å². The first-order valence-electron chi connectivity index (χ1n) is 6.02. The van der Waals surface area contributed by atoms with Crippen LogP contribution in [-0.4, -0.2) is 11.1 Å². The van der Waals surface area contributed by atoms with E-state index in [1.165, 1.54) is 17.5 Å². The molecule has 1 saturated carbocycles. The molecule has 0 amide bonds. The van der Waals surface area contributed by atoms with Gasteiger partial charge in [-0.05, 0) is 36.3 Å². The Bertz CT molecular complexity index is 361. The van der Waals surface area contributed by atoms with Crippen LogP contribution in [0.5, 0.6) is 0 Å². The van der Waals surface area contributed by atoms with Gasteiger partial charge in [-0.2, -0.15) is 0 Å². The van der Waals surface area contributed by atoms with Crippen molar-refractivity contribution in [2.45, 2.75) is 38.5 Å². The second-order valence-corrected chi connectivity index (χ2v) is 4.70. The number of carboxylic acids is 1. The molecule has 0 heterocycles. The summed E-state index contributed by atoms with van der Waals surface area (Å²) < 4.78 is 0. The van der Waals surface area contributed by atoms with Gasteiger partial charge in [-0.25, -0.2) is 0 Å². The highest BCUT2D eigenvalue weighted by atomic mass is 16.4. The number of hydrogen-bond acceptors (Lipinski definition) is 1. The summed E-state index contributed by atoms with van der Waals surface area (Å²) in [4.78, 5) is 10.7. The molecule has 86 valence electrons. The molecule has 0 radical (unpaired) electrons. The van der Waals surface area contributed by atoms with Crippen LogP contribution < -0.4 is 0 Å². The summed E-state index contributed by atoms with van der Waals surface area (Å²) in [5, 5.41) is 8.81. The van der Waals surface area contributed by atoms with Crippen molar-refractivity contribution in [2.75, 3.05) is 0 Å². The third-order valence-corrected chi connectivity index (χ3v) is 3.48. The van der Waals surface area contributed by atoms with Gasteiger partial charge in [0, 0.05) is 0 Å². The van der Waals surface area contributed by atoms with E-state index in [1.54, 1.807) is 0 Å². The lowest BCUT2D eigenvalue weighted by molar-refractivity contribution is -0.145. The smallest absolute Gasteiger partial charge is 0.306 e. The zero-order valence-corrected chi connectivity index (χ0v) is 9.65. The highest BCUT2D eigenvalue weighted by Crippen LogP contribution is 2.41. The molecule has 0 unspecified atom stereocenters. The second kappa shape index (κ2) is 4.69. The molecule has 1 aliphatic rings. The number of rotatable bonds is 4. The van der Waals surface area contributed by atoms with Crippen molar-refractivity contribution in [1.29, 1.82) is 0 Å². The summed E-state index contributed by atoms with van der Waals surface area (Å²) >= 11 is 0. The minimum absolute atomic E-state index is 0.111. The van der Waals surface area contributed by atoms with Gasteiger partial charge in [0.05, 0.1) is 5.92 Å². The molecule has 2 heteroatoms. The molecule has 0 aromatic heterocycles. The van der Waals surface area contributed by atoms with E-state index in [4.69, 9.17) is 5.11 Å². The average Bonchev–Trinajstić information content (AvgIpc) is 2.18. The van der Waals surface area contributed by atoms with Gasteiger partial charge in [0.2, 0.25) is 0 Å². The monoisotopic (exact) mass is 218 g/mol. The molecule has 1 fully saturated rings. The summed E-state index contributed by atoms with van der Waals surface area (Å²) in [5.74, 6) is -0.282. The van der Waals surface area contributed by atoms with E-state index in [9.17, 15) is 4.79 Å². The second-order valence-electron chi connectivity index (χ2n) is 4.70. The molecule has 2 nitrogen and oxygen atoms in total. The maximum Gasteiger partial charge on any atom is 0.306 e. The summed E-state index contributed by atoms with van der Waals surface area (Å²) in [5.41, 5.74) is 2.68. The van der Waals surface area contributed by atoms with Crippen LogP contribution in [0.1, 0.15) is 43.2 Å². The van der Waals surface area contributed by atoms with Gasteiger partial charge >= 0.3 is 5.97 Å². The average molecular weight is 218 g/mol. The Hall–Kier alpha value is -1.31. The van der Waals surface area contributed by atoms with Gasteiger partial charge in [0.1, 0.15) is 0 Å². The van der Waals surface area contributed by atoms with E-state index in [2.05, 4.69) is 31.2 Å². The van der Waals surface area contributed by atoms with Gasteiger partial charge in [-0.1, -0.05) is 37.6 Å². The first-order chi connectivity index (χ1) is 7.70. The van der Waals surface area contributed by atoms with Crippen molar-refractivity contribution < 1.29 is 9.90 Å². The van der Waals surface area contributed by atoms with Crippen LogP contribution in [0.3, 0.4) is 0 Å². The standard InChI is InChI=1S/C14H18O2/c1-2-3-10-4-6-11(7-5-10)12-8-13(9-12)14(15)16/h4-7,12-13H,2-3,8-9H2,1H3,(H,15,16). The molecule has 1 aromatic carbocycles. The maximum atomic E-state index is 10.7. The Morgan fingerprint density at radius 2 is 1.94 bits per heavy atom. The first kappa shape index (κ1) is 11.2. The Kier molecular flexibility index (Phi) is 3.28. The van der Waals surface area contributed by atoms with E-state index in [1.807, 2.05) is 0 Å². The third-order valence-electron chi connectivity index (χ3n) is 3.48. The predicted octanol–water partition coefficient (Wildman–Crippen LogP) is 3.22. The number of carboxylic acid groups (broad SMARTS) is 1. The SMILES string of the molecule is CCCc1ccc(C2CC(C(=O)O)C2)cc1. The molecule has 0 saturated heterocycles. The van der Waals surface area contributed by atoms with Crippen molar-refractivity contribution in [3.63, 3.8) is 0 Å². The van der Waals surface area contributed by atoms with Crippen molar-refractivity contribution in [1.82, 2.24) is 0 Å². The van der Waals surface area contributed by atoms with Crippen LogP contribution >= 0.6 is 0 Å². The fourth-order valence-corrected chi connectivity index (χ4v) is 2.34. The van der Waals surface area contributed by atoms with Crippen LogP contribution in [0, 0.1) is 5.92 Å². The van der Waals surface area contributed by atoms with E-state index < -0.39 is 5.97 Å². The fourth-order valence-electron chi connectivity index (χ4n) is 2.34. The number of aliphatic carboxylic acids is 1. The minimum atomic E-state index is -0.640. The van der Waals surface area contributed by atoms with Crippen LogP contribution in [0.2, 0.25) is 0 Å². The molecule has 16 heavy (non-hydrogen) atoms. The molecule has 0 spiro atoms. The number of benzene rings is 1. The maximum absolute atomic E-state index is 10.7. The summed E-state index contributed by atoms with van der Waals surface area (Å²) in [6, 6.07) is 8.67. The quantitative estimate of drug-likeness (QED) is 0.842. The van der Waals surface area contributed by atoms with Crippen molar-refractivity contribution >= 4 is 5.97 Å². The van der Waals surface area contributed by atoms with Gasteiger partial charge < -0.3 is 5.11 Å². The highest BCUT2D eigenvalue weighted by Gasteiger charge is 2.34. The molecule has 2 rings (SSSR count). The van der Waals surface area contributed by atoms with Gasteiger partial charge in [-0.3, -0.25) is 4.79 Å². The Morgan fingerprint density at radius 3 is 2.44 bits per heavy atom. The number of hydrogen-bond donors (Lipinski definition) is 1. The van der Waals surface area contributed by atoms with Crippen LogP contribution in [-0.2, 0) is 11.2 Å². The van der Waals surface area contributed by atoms with E-state index in [-0.39, 0.29) is 5.92 Å². The fraction of sp³-hybridized carbons (Fsp3) is 0.500. The summed E-state index contributed by atoms with van der Waals surface area (Å²) in [6.07, 6.45) is 3.91. The van der Waals surface area contributed by atoms with Crippen molar-refractivity contribution in [2.24, 2.45) is 5.92 Å². The first-order valence-corrected chi connectivity index (χ1v) is 6.02. The third kappa shape index (κ3) is 2.26. The number of carbonyl (C=O) groups is 1. The normalized spacial score (nSPS) is 23.8. The lowest BCUT2D eigenvalue weighted by atomic mass is 9.71. The highest BCUT2D eigenvalue weighted by molar-refractivity contribution is 5.71. The molecular weight excluding hydrogens is 200 g/mol. The van der Waals surface area contributed by atoms with Crippen LogP contribution in [0.25, 0.3) is 0 Å². The van der Waals surface area contributed by atoms with Crippen molar-refractivity contribution in [3.05, 3.63) is 35.4 Å². The topological polar surface area (TPSA) is 37.3 Å². The minimum Gasteiger partial charge on any atom is -0.481 e. The van der Waals surface area contributed by atoms with Crippen molar-refractivity contribution in [3.8, 4) is 0 Å². The van der Waals surface area contributed by atoms with E-state index in [0.717, 1.165) is 19.3 Å². The molecule has 1 aromatic rings. The Labute approximate surface area is 96.3 Å². The summed E-state index contributed by atoms with van der Waals surface area (Å²) in [7, 11) is 0. The molecule has 0 bridgehead atoms. The lowest BCUT2D eigenvalue weighted by Gasteiger charge is -2.32. The zero-order chi connectivity index (χ0) is 11.5. The van der Waals surface area contributed by atoms with Gasteiger partial charge in [0.15, 0.2) is 0 Å². The largest absolute Gasteiger partial charge is 0.481 e. The van der Waals surface area contributed by atoms with E-state index in [0.29, 0.717) is 5.92 Å². The predicted molar refractivity (Wildman–Crippen MR) is 63.5 cm³/mol. The van der Waals surface area contributed by atoms with Crippen LogP contribution in [0.4, 0.5) is 0 Å². The number of aryl methyl sites for hydroxylation is 1. The van der Waals surface area contributed by atoms with Gasteiger partial charge in [0.25, 0.3) is 0 Å². The molecule has 1 N–H and O–H groups in total. The zero-order valence-electron chi connectivity index (χ0n) is 9.65. The van der Waals surface area contributed by atoms with Gasteiger partial charge in [-0.15, -0.1) is 0 Å². The summed E-state index contributed by atoms with van der Waals surface area (Å²) in [6.45, 7) is 2.18.